The maximum absolute atomic E-state index is 11.7. The molecule has 0 aliphatic heterocycles. The van der Waals surface area contributed by atoms with Crippen LogP contribution in [0.1, 0.15) is 19.3 Å². The molecule has 2 rings (SSSR count). The van der Waals surface area contributed by atoms with Crippen LogP contribution >= 0.6 is 0 Å². The van der Waals surface area contributed by atoms with Crippen LogP contribution in [-0.4, -0.2) is 43.5 Å². The van der Waals surface area contributed by atoms with Gasteiger partial charge in [-0.25, -0.2) is 0 Å². The van der Waals surface area contributed by atoms with E-state index < -0.39 is 28.8 Å². The number of hydrogen-bond donors (Lipinski definition) is 4. The highest BCUT2D eigenvalue weighted by molar-refractivity contribution is 6.06. The van der Waals surface area contributed by atoms with E-state index in [-0.39, 0.29) is 24.8 Å². The van der Waals surface area contributed by atoms with E-state index in [0.29, 0.717) is 0 Å². The maximum Gasteiger partial charge on any atom is 0.232 e. The van der Waals surface area contributed by atoms with Crippen LogP contribution in [0.25, 0.3) is 0 Å². The molecular formula is C11H14O5. The topological polar surface area (TPSA) is 98.0 Å². The number of ketones is 1. The Morgan fingerprint density at radius 2 is 2.12 bits per heavy atom. The summed E-state index contributed by atoms with van der Waals surface area (Å²) in [6.45, 7) is 3.45. The van der Waals surface area contributed by atoms with Gasteiger partial charge < -0.3 is 20.4 Å². The normalized spacial score (nSPS) is 42.7. The predicted molar refractivity (Wildman–Crippen MR) is 54.6 cm³/mol. The van der Waals surface area contributed by atoms with Crippen molar-refractivity contribution in [3.63, 3.8) is 0 Å². The second-order valence-electron chi connectivity index (χ2n) is 4.33. The zero-order chi connectivity index (χ0) is 12.1. The van der Waals surface area contributed by atoms with Crippen LogP contribution in [0.2, 0.25) is 0 Å². The molecule has 0 saturated heterocycles. The molecule has 0 spiro atoms. The van der Waals surface area contributed by atoms with E-state index in [1.165, 1.54) is 6.08 Å². The Balaban J connectivity index is 2.59. The number of Topliss-reactive ketones (excluding diaryl/α,β-unsaturated/α-hetero) is 1. The molecule has 4 N–H and O–H groups in total. The summed E-state index contributed by atoms with van der Waals surface area (Å²) in [7, 11) is 0. The van der Waals surface area contributed by atoms with Crippen LogP contribution in [-0.2, 0) is 4.79 Å². The van der Waals surface area contributed by atoms with E-state index in [9.17, 15) is 25.2 Å². The fourth-order valence-corrected chi connectivity index (χ4v) is 2.67. The van der Waals surface area contributed by atoms with Gasteiger partial charge in [0.2, 0.25) is 5.78 Å². The summed E-state index contributed by atoms with van der Waals surface area (Å²) in [6.07, 6.45) is 0.253. The average Bonchev–Trinajstić information content (AvgIpc) is 2.56. The molecule has 0 aromatic carbocycles. The molecule has 0 heterocycles. The second kappa shape index (κ2) is 3.16. The number of fused-ring (bicyclic) bond motifs is 1. The maximum atomic E-state index is 11.7. The SMILES string of the molecule is C=CCC1=C(O)C(=O)C2(O)CCC(O)C12O. The minimum absolute atomic E-state index is 0.0417. The molecule has 1 fully saturated rings. The molecule has 1 saturated carbocycles. The second-order valence-corrected chi connectivity index (χ2v) is 4.33. The van der Waals surface area contributed by atoms with E-state index in [4.69, 9.17) is 0 Å². The van der Waals surface area contributed by atoms with Gasteiger partial charge in [0.15, 0.2) is 17.0 Å². The fourth-order valence-electron chi connectivity index (χ4n) is 2.67. The van der Waals surface area contributed by atoms with Crippen LogP contribution in [0.3, 0.4) is 0 Å². The zero-order valence-corrected chi connectivity index (χ0v) is 8.68. The Morgan fingerprint density at radius 3 is 2.69 bits per heavy atom. The third-order valence-electron chi connectivity index (χ3n) is 3.58. The summed E-state index contributed by atoms with van der Waals surface area (Å²) in [4.78, 5) is 11.7. The third kappa shape index (κ3) is 0.979. The van der Waals surface area contributed by atoms with Crippen LogP contribution < -0.4 is 0 Å². The first-order chi connectivity index (χ1) is 7.39. The van der Waals surface area contributed by atoms with E-state index in [0.717, 1.165) is 0 Å². The number of allylic oxidation sites excluding steroid dienone is 1. The standard InChI is InChI=1S/C11H14O5/c1-2-3-6-8(13)9(14)10(15)5-4-7(12)11(6,10)16/h2,7,12-13,15-16H,1,3-5H2. The Labute approximate surface area is 92.3 Å². The molecule has 3 atom stereocenters. The smallest absolute Gasteiger partial charge is 0.232 e. The van der Waals surface area contributed by atoms with E-state index in [1.807, 2.05) is 0 Å². The summed E-state index contributed by atoms with van der Waals surface area (Å²) < 4.78 is 0. The van der Waals surface area contributed by atoms with Gasteiger partial charge in [0.1, 0.15) is 0 Å². The van der Waals surface area contributed by atoms with Gasteiger partial charge in [-0.1, -0.05) is 6.08 Å². The van der Waals surface area contributed by atoms with Crippen LogP contribution in [0.5, 0.6) is 0 Å². The summed E-state index contributed by atoms with van der Waals surface area (Å²) in [5.41, 5.74) is -4.20. The summed E-state index contributed by atoms with van der Waals surface area (Å²) in [5, 5.41) is 39.7. The van der Waals surface area contributed by atoms with E-state index in [1.54, 1.807) is 0 Å². The molecule has 3 unspecified atom stereocenters. The van der Waals surface area contributed by atoms with E-state index in [2.05, 4.69) is 6.58 Å². The molecule has 0 bridgehead atoms. The van der Waals surface area contributed by atoms with Crippen molar-refractivity contribution in [1.29, 1.82) is 0 Å². The van der Waals surface area contributed by atoms with Gasteiger partial charge in [-0.2, -0.15) is 0 Å². The van der Waals surface area contributed by atoms with E-state index >= 15 is 0 Å². The van der Waals surface area contributed by atoms with Crippen molar-refractivity contribution in [2.45, 2.75) is 36.6 Å². The van der Waals surface area contributed by atoms with Gasteiger partial charge >= 0.3 is 0 Å². The molecule has 2 aliphatic rings. The number of carbonyl (C=O) groups excluding carboxylic acids is 1. The molecule has 2 aliphatic carbocycles. The highest BCUT2D eigenvalue weighted by Crippen LogP contribution is 2.52. The van der Waals surface area contributed by atoms with Crippen molar-refractivity contribution >= 4 is 5.78 Å². The lowest BCUT2D eigenvalue weighted by Crippen LogP contribution is -2.56. The molecule has 5 heteroatoms. The first-order valence-corrected chi connectivity index (χ1v) is 5.10. The van der Waals surface area contributed by atoms with Crippen LogP contribution in [0.15, 0.2) is 24.0 Å². The van der Waals surface area contributed by atoms with Crippen molar-refractivity contribution in [1.82, 2.24) is 0 Å². The minimum Gasteiger partial charge on any atom is -0.504 e. The highest BCUT2D eigenvalue weighted by Gasteiger charge is 2.70. The molecule has 0 amide bonds. The monoisotopic (exact) mass is 226 g/mol. The van der Waals surface area contributed by atoms with Gasteiger partial charge in [0, 0.05) is 5.57 Å². The van der Waals surface area contributed by atoms with Crippen LogP contribution in [0.4, 0.5) is 0 Å². The lowest BCUT2D eigenvalue weighted by Gasteiger charge is -2.34. The molecular weight excluding hydrogens is 212 g/mol. The van der Waals surface area contributed by atoms with Gasteiger partial charge in [-0.15, -0.1) is 6.58 Å². The lowest BCUT2D eigenvalue weighted by atomic mass is 9.82. The van der Waals surface area contributed by atoms with Crippen LogP contribution in [0, 0.1) is 0 Å². The number of carbonyl (C=O) groups is 1. The zero-order valence-electron chi connectivity index (χ0n) is 8.68. The van der Waals surface area contributed by atoms with Crippen molar-refractivity contribution in [3.8, 4) is 0 Å². The van der Waals surface area contributed by atoms with Gasteiger partial charge in [0.25, 0.3) is 0 Å². The molecule has 16 heavy (non-hydrogen) atoms. The third-order valence-corrected chi connectivity index (χ3v) is 3.58. The van der Waals surface area contributed by atoms with Gasteiger partial charge in [-0.05, 0) is 19.3 Å². The Hall–Kier alpha value is -1.17. The average molecular weight is 226 g/mol. The summed E-state index contributed by atoms with van der Waals surface area (Å²) in [5.74, 6) is -1.56. The number of rotatable bonds is 2. The predicted octanol–water partition coefficient (Wildman–Crippen LogP) is -0.426. The first kappa shape index (κ1) is 11.3. The number of aliphatic hydroxyl groups is 4. The Bertz CT molecular complexity index is 399. The van der Waals surface area contributed by atoms with Gasteiger partial charge in [0.05, 0.1) is 6.10 Å². The quantitative estimate of drug-likeness (QED) is 0.479. The fraction of sp³-hybridized carbons (Fsp3) is 0.545. The first-order valence-electron chi connectivity index (χ1n) is 5.10. The Morgan fingerprint density at radius 1 is 1.50 bits per heavy atom. The number of aliphatic hydroxyl groups excluding tert-OH is 2. The molecule has 0 radical (unpaired) electrons. The summed E-state index contributed by atoms with van der Waals surface area (Å²) in [6, 6.07) is 0. The van der Waals surface area contributed by atoms with Crippen molar-refractivity contribution in [2.24, 2.45) is 0 Å². The van der Waals surface area contributed by atoms with Crippen molar-refractivity contribution < 1.29 is 25.2 Å². The molecule has 0 aromatic heterocycles. The molecule has 0 aromatic rings. The van der Waals surface area contributed by atoms with Crippen molar-refractivity contribution in [2.75, 3.05) is 0 Å². The Kier molecular flexibility index (Phi) is 2.24. The van der Waals surface area contributed by atoms with Gasteiger partial charge in [-0.3, -0.25) is 4.79 Å². The largest absolute Gasteiger partial charge is 0.504 e. The summed E-state index contributed by atoms with van der Waals surface area (Å²) >= 11 is 0. The number of hydrogen-bond acceptors (Lipinski definition) is 5. The highest BCUT2D eigenvalue weighted by atomic mass is 16.4. The molecule has 88 valence electrons. The van der Waals surface area contributed by atoms with Crippen molar-refractivity contribution in [3.05, 3.63) is 24.0 Å². The minimum atomic E-state index is -2.09. The molecule has 5 nitrogen and oxygen atoms in total. The lowest BCUT2D eigenvalue weighted by molar-refractivity contribution is -0.160.